The van der Waals surface area contributed by atoms with Crippen LogP contribution in [0.4, 0.5) is 0 Å². The first-order chi connectivity index (χ1) is 14.9. The molecule has 0 saturated heterocycles. The van der Waals surface area contributed by atoms with Crippen molar-refractivity contribution in [3.8, 4) is 33.9 Å². The summed E-state index contributed by atoms with van der Waals surface area (Å²) in [6.45, 7) is 5.54. The van der Waals surface area contributed by atoms with Gasteiger partial charge in [-0.1, -0.05) is 12.1 Å². The van der Waals surface area contributed by atoms with E-state index in [-0.39, 0.29) is 18.2 Å². The molecule has 0 spiro atoms. The number of hydrogen-bond acceptors (Lipinski definition) is 6. The quantitative estimate of drug-likeness (QED) is 0.527. The van der Waals surface area contributed by atoms with Gasteiger partial charge < -0.3 is 14.2 Å². The lowest BCUT2D eigenvalue weighted by molar-refractivity contribution is 0.0524. The lowest BCUT2D eigenvalue weighted by atomic mass is 9.95. The van der Waals surface area contributed by atoms with Crippen LogP contribution in [0, 0.1) is 0 Å². The van der Waals surface area contributed by atoms with Gasteiger partial charge in [0.2, 0.25) is 0 Å². The summed E-state index contributed by atoms with van der Waals surface area (Å²) in [5.41, 5.74) is 1.80. The predicted octanol–water partition coefficient (Wildman–Crippen LogP) is 4.35. The number of benzene rings is 2. The molecule has 0 N–H and O–H groups in total. The van der Waals surface area contributed by atoms with Crippen LogP contribution in [0.2, 0.25) is 0 Å². The Kier molecular flexibility index (Phi) is 6.74. The zero-order valence-electron chi connectivity index (χ0n) is 18.3. The van der Waals surface area contributed by atoms with Crippen molar-refractivity contribution >= 4 is 5.97 Å². The van der Waals surface area contributed by atoms with Gasteiger partial charge in [0.25, 0.3) is 5.56 Å². The van der Waals surface area contributed by atoms with Crippen LogP contribution in [-0.2, 0) is 4.74 Å². The number of methoxy groups -OCH3 is 2. The maximum Gasteiger partial charge on any atom is 0.344 e. The molecule has 0 aliphatic rings. The largest absolute Gasteiger partial charge is 0.497 e. The fourth-order valence-corrected chi connectivity index (χ4v) is 3.28. The van der Waals surface area contributed by atoms with Crippen LogP contribution in [-0.4, -0.2) is 36.6 Å². The van der Waals surface area contributed by atoms with Crippen molar-refractivity contribution < 1.29 is 19.0 Å². The number of carbonyl (C=O) groups excluding carboxylic acids is 1. The summed E-state index contributed by atoms with van der Waals surface area (Å²) in [4.78, 5) is 26.2. The molecular weight excluding hydrogens is 396 g/mol. The number of ether oxygens (including phenoxy) is 3. The Hall–Kier alpha value is -3.61. The SMILES string of the molecule is CCOC(=O)c1c(-c2ccc(OC)cc2)c(-c2ccc(OC)cc2)nn(C(C)C)c1=O. The van der Waals surface area contributed by atoms with E-state index in [9.17, 15) is 9.59 Å². The lowest BCUT2D eigenvalue weighted by Gasteiger charge is -2.18. The number of nitrogens with zero attached hydrogens (tertiary/aromatic N) is 2. The topological polar surface area (TPSA) is 79.7 Å². The molecule has 0 fully saturated rings. The Bertz CT molecular complexity index is 1120. The summed E-state index contributed by atoms with van der Waals surface area (Å²) in [5, 5.41) is 4.64. The molecule has 3 aromatic rings. The Balaban J connectivity index is 2.39. The van der Waals surface area contributed by atoms with E-state index in [0.29, 0.717) is 28.3 Å². The van der Waals surface area contributed by atoms with Crippen LogP contribution >= 0.6 is 0 Å². The maximum atomic E-state index is 13.3. The fourth-order valence-electron chi connectivity index (χ4n) is 3.28. The van der Waals surface area contributed by atoms with Gasteiger partial charge in [-0.3, -0.25) is 4.79 Å². The zero-order valence-corrected chi connectivity index (χ0v) is 18.3. The molecule has 0 radical (unpaired) electrons. The average Bonchev–Trinajstić information content (AvgIpc) is 2.78. The Morgan fingerprint density at radius 3 is 1.90 bits per heavy atom. The van der Waals surface area contributed by atoms with Crippen LogP contribution in [0.1, 0.15) is 37.2 Å². The first-order valence-electron chi connectivity index (χ1n) is 10.0. The molecule has 0 saturated carbocycles. The van der Waals surface area contributed by atoms with Crippen molar-refractivity contribution in [1.82, 2.24) is 9.78 Å². The third-order valence-electron chi connectivity index (χ3n) is 4.83. The molecule has 0 unspecified atom stereocenters. The molecule has 0 bridgehead atoms. The van der Waals surface area contributed by atoms with Crippen molar-refractivity contribution in [3.05, 3.63) is 64.4 Å². The Morgan fingerprint density at radius 1 is 0.935 bits per heavy atom. The molecule has 3 rings (SSSR count). The van der Waals surface area contributed by atoms with E-state index in [1.54, 1.807) is 45.4 Å². The molecule has 0 atom stereocenters. The minimum atomic E-state index is -0.676. The molecule has 0 amide bonds. The smallest absolute Gasteiger partial charge is 0.344 e. The zero-order chi connectivity index (χ0) is 22.5. The second-order valence-corrected chi connectivity index (χ2v) is 7.12. The van der Waals surface area contributed by atoms with E-state index in [2.05, 4.69) is 5.10 Å². The minimum absolute atomic E-state index is 0.0402. The second kappa shape index (κ2) is 9.47. The number of esters is 1. The number of aromatic nitrogens is 2. The highest BCUT2D eigenvalue weighted by molar-refractivity contribution is 6.00. The van der Waals surface area contributed by atoms with E-state index in [1.807, 2.05) is 38.1 Å². The summed E-state index contributed by atoms with van der Waals surface area (Å²) in [7, 11) is 3.17. The van der Waals surface area contributed by atoms with Crippen molar-refractivity contribution in [3.63, 3.8) is 0 Å². The van der Waals surface area contributed by atoms with Gasteiger partial charge in [0.15, 0.2) is 0 Å². The molecular formula is C24H26N2O5. The van der Waals surface area contributed by atoms with Gasteiger partial charge in [-0.25, -0.2) is 9.48 Å². The normalized spacial score (nSPS) is 10.8. The molecule has 1 aromatic heterocycles. The first-order valence-corrected chi connectivity index (χ1v) is 10.0. The lowest BCUT2D eigenvalue weighted by Crippen LogP contribution is -2.32. The summed E-state index contributed by atoms with van der Waals surface area (Å²) >= 11 is 0. The molecule has 7 nitrogen and oxygen atoms in total. The van der Waals surface area contributed by atoms with Crippen LogP contribution in [0.25, 0.3) is 22.4 Å². The van der Waals surface area contributed by atoms with E-state index in [1.165, 1.54) is 4.68 Å². The molecule has 1 heterocycles. The molecule has 162 valence electrons. The van der Waals surface area contributed by atoms with E-state index < -0.39 is 11.5 Å². The standard InChI is InChI=1S/C24H26N2O5/c1-6-31-24(28)21-20(16-7-11-18(29-4)12-8-16)22(25-26(15(2)3)23(21)27)17-9-13-19(30-5)14-10-17/h7-15H,6H2,1-5H3. The summed E-state index contributed by atoms with van der Waals surface area (Å²) < 4.78 is 17.1. The monoisotopic (exact) mass is 422 g/mol. The van der Waals surface area contributed by atoms with E-state index >= 15 is 0 Å². The van der Waals surface area contributed by atoms with Gasteiger partial charge in [0.05, 0.1) is 32.6 Å². The van der Waals surface area contributed by atoms with Gasteiger partial charge in [0.1, 0.15) is 17.1 Å². The maximum absolute atomic E-state index is 13.3. The highest BCUT2D eigenvalue weighted by Crippen LogP contribution is 2.34. The van der Waals surface area contributed by atoms with Crippen LogP contribution in [0.15, 0.2) is 53.3 Å². The second-order valence-electron chi connectivity index (χ2n) is 7.12. The van der Waals surface area contributed by atoms with Gasteiger partial charge in [0, 0.05) is 11.1 Å². The van der Waals surface area contributed by atoms with Crippen LogP contribution in [0.5, 0.6) is 11.5 Å². The number of rotatable bonds is 7. The molecule has 0 aliphatic carbocycles. The highest BCUT2D eigenvalue weighted by atomic mass is 16.5. The van der Waals surface area contributed by atoms with Crippen molar-refractivity contribution in [1.29, 1.82) is 0 Å². The van der Waals surface area contributed by atoms with Crippen LogP contribution < -0.4 is 15.0 Å². The molecule has 2 aromatic carbocycles. The van der Waals surface area contributed by atoms with Gasteiger partial charge in [-0.2, -0.15) is 5.10 Å². The third-order valence-corrected chi connectivity index (χ3v) is 4.83. The van der Waals surface area contributed by atoms with Crippen molar-refractivity contribution in [2.45, 2.75) is 26.8 Å². The van der Waals surface area contributed by atoms with E-state index in [4.69, 9.17) is 14.2 Å². The first kappa shape index (κ1) is 22.1. The van der Waals surface area contributed by atoms with Gasteiger partial charge in [-0.15, -0.1) is 0 Å². The predicted molar refractivity (Wildman–Crippen MR) is 119 cm³/mol. The average molecular weight is 422 g/mol. The Morgan fingerprint density at radius 2 is 1.45 bits per heavy atom. The number of carbonyl (C=O) groups is 1. The summed E-state index contributed by atoms with van der Waals surface area (Å²) in [6.07, 6.45) is 0. The fraction of sp³-hybridized carbons (Fsp3) is 0.292. The summed E-state index contributed by atoms with van der Waals surface area (Å²) in [5.74, 6) is 0.679. The van der Waals surface area contributed by atoms with Gasteiger partial charge in [-0.05, 0) is 62.7 Å². The number of hydrogen-bond donors (Lipinski definition) is 0. The van der Waals surface area contributed by atoms with Crippen LogP contribution in [0.3, 0.4) is 0 Å². The van der Waals surface area contributed by atoms with Gasteiger partial charge >= 0.3 is 5.97 Å². The molecule has 7 heteroatoms. The van der Waals surface area contributed by atoms with Crippen molar-refractivity contribution in [2.75, 3.05) is 20.8 Å². The molecule has 0 aliphatic heterocycles. The van der Waals surface area contributed by atoms with E-state index in [0.717, 1.165) is 5.56 Å². The highest BCUT2D eigenvalue weighted by Gasteiger charge is 2.27. The molecule has 31 heavy (non-hydrogen) atoms. The van der Waals surface area contributed by atoms with Crippen molar-refractivity contribution in [2.24, 2.45) is 0 Å². The minimum Gasteiger partial charge on any atom is -0.497 e. The Labute approximate surface area is 181 Å². The summed E-state index contributed by atoms with van der Waals surface area (Å²) in [6, 6.07) is 14.2. The third kappa shape index (κ3) is 4.45.